The standard InChI is InChI=1S/C25H28N4O4/c1-32-20-8-6-18(7-9-20)15-28-16-19(14-23(28)30)25-26-21-4-2-3-5-22(21)29(25)17-24(31)27-10-12-33-13-11-27/h2-9,19H,10-17H2,1H3. The van der Waals surface area contributed by atoms with Gasteiger partial charge in [-0.2, -0.15) is 0 Å². The second-order valence-corrected chi connectivity index (χ2v) is 8.56. The molecule has 2 aromatic carbocycles. The van der Waals surface area contributed by atoms with E-state index in [-0.39, 0.29) is 24.3 Å². The van der Waals surface area contributed by atoms with Gasteiger partial charge in [-0.15, -0.1) is 0 Å². The lowest BCUT2D eigenvalue weighted by molar-refractivity contribution is -0.135. The second-order valence-electron chi connectivity index (χ2n) is 8.56. The number of imidazole rings is 1. The van der Waals surface area contributed by atoms with Crippen LogP contribution in [0.4, 0.5) is 0 Å². The molecule has 0 spiro atoms. The van der Waals surface area contributed by atoms with Gasteiger partial charge in [-0.1, -0.05) is 24.3 Å². The molecule has 5 rings (SSSR count). The first-order valence-electron chi connectivity index (χ1n) is 11.3. The fraction of sp³-hybridized carbons (Fsp3) is 0.400. The topological polar surface area (TPSA) is 76.9 Å². The molecule has 8 heteroatoms. The molecule has 2 aliphatic rings. The van der Waals surface area contributed by atoms with Crippen LogP contribution in [0.5, 0.6) is 5.75 Å². The monoisotopic (exact) mass is 448 g/mol. The third-order valence-electron chi connectivity index (χ3n) is 6.45. The highest BCUT2D eigenvalue weighted by Gasteiger charge is 2.34. The molecule has 8 nitrogen and oxygen atoms in total. The summed E-state index contributed by atoms with van der Waals surface area (Å²) < 4.78 is 12.6. The minimum absolute atomic E-state index is 0.0550. The van der Waals surface area contributed by atoms with Crippen LogP contribution in [0.2, 0.25) is 0 Å². The molecule has 0 aliphatic carbocycles. The van der Waals surface area contributed by atoms with Gasteiger partial charge < -0.3 is 23.8 Å². The number of ether oxygens (including phenoxy) is 2. The molecule has 2 aliphatic heterocycles. The average Bonchev–Trinajstić information content (AvgIpc) is 3.40. The number of nitrogens with zero attached hydrogens (tertiary/aromatic N) is 4. The van der Waals surface area contributed by atoms with E-state index in [1.165, 1.54) is 0 Å². The molecule has 33 heavy (non-hydrogen) atoms. The third-order valence-corrected chi connectivity index (χ3v) is 6.45. The van der Waals surface area contributed by atoms with E-state index in [0.29, 0.717) is 45.8 Å². The molecule has 0 radical (unpaired) electrons. The van der Waals surface area contributed by atoms with E-state index < -0.39 is 0 Å². The third kappa shape index (κ3) is 4.43. The van der Waals surface area contributed by atoms with Gasteiger partial charge in [0.1, 0.15) is 18.1 Å². The van der Waals surface area contributed by atoms with Crippen molar-refractivity contribution in [1.82, 2.24) is 19.4 Å². The largest absolute Gasteiger partial charge is 0.497 e. The number of para-hydroxylation sites is 2. The molecule has 3 aromatic rings. The van der Waals surface area contributed by atoms with Crippen molar-refractivity contribution in [2.24, 2.45) is 0 Å². The Bertz CT molecular complexity index is 1150. The number of methoxy groups -OCH3 is 1. The Morgan fingerprint density at radius 3 is 2.64 bits per heavy atom. The fourth-order valence-corrected chi connectivity index (χ4v) is 4.67. The number of aromatic nitrogens is 2. The maximum atomic E-state index is 13.0. The molecule has 3 heterocycles. The number of benzene rings is 2. The predicted octanol–water partition coefficient (Wildman–Crippen LogP) is 2.42. The quantitative estimate of drug-likeness (QED) is 0.579. The summed E-state index contributed by atoms with van der Waals surface area (Å²) in [5.41, 5.74) is 2.83. The van der Waals surface area contributed by atoms with Crippen LogP contribution in [0.1, 0.15) is 23.7 Å². The van der Waals surface area contributed by atoms with Crippen LogP contribution in [0.15, 0.2) is 48.5 Å². The molecular formula is C25H28N4O4. The minimum atomic E-state index is -0.0550. The SMILES string of the molecule is COc1ccc(CN2CC(c3nc4ccccc4n3CC(=O)N3CCOCC3)CC2=O)cc1. The van der Waals surface area contributed by atoms with Gasteiger partial charge in [-0.25, -0.2) is 4.98 Å². The summed E-state index contributed by atoms with van der Waals surface area (Å²) in [4.78, 5) is 34.5. The number of carbonyl (C=O) groups excluding carboxylic acids is 2. The van der Waals surface area contributed by atoms with Crippen molar-refractivity contribution in [1.29, 1.82) is 0 Å². The number of carbonyl (C=O) groups is 2. The van der Waals surface area contributed by atoms with E-state index in [9.17, 15) is 9.59 Å². The van der Waals surface area contributed by atoms with Gasteiger partial charge in [0.05, 0.1) is 31.4 Å². The number of hydrogen-bond donors (Lipinski definition) is 0. The molecule has 1 atom stereocenters. The Morgan fingerprint density at radius 1 is 1.12 bits per heavy atom. The molecule has 0 bridgehead atoms. The van der Waals surface area contributed by atoms with Gasteiger partial charge in [0, 0.05) is 38.5 Å². The summed E-state index contributed by atoms with van der Waals surface area (Å²) in [6.45, 7) is 3.71. The lowest BCUT2D eigenvalue weighted by atomic mass is 10.1. The molecule has 0 N–H and O–H groups in total. The zero-order valence-corrected chi connectivity index (χ0v) is 18.8. The lowest BCUT2D eigenvalue weighted by Crippen LogP contribution is -2.42. The first-order valence-corrected chi connectivity index (χ1v) is 11.3. The Balaban J connectivity index is 1.38. The van der Waals surface area contributed by atoms with E-state index >= 15 is 0 Å². The second kappa shape index (κ2) is 9.23. The summed E-state index contributed by atoms with van der Waals surface area (Å²) in [6.07, 6.45) is 0.394. The highest BCUT2D eigenvalue weighted by Crippen LogP contribution is 2.31. The number of fused-ring (bicyclic) bond motifs is 1. The zero-order chi connectivity index (χ0) is 22.8. The first kappa shape index (κ1) is 21.5. The Hall–Kier alpha value is -3.39. The fourth-order valence-electron chi connectivity index (χ4n) is 4.67. The molecule has 1 aromatic heterocycles. The number of rotatable bonds is 6. The zero-order valence-electron chi connectivity index (χ0n) is 18.8. The van der Waals surface area contributed by atoms with Crippen LogP contribution >= 0.6 is 0 Å². The van der Waals surface area contributed by atoms with Crippen LogP contribution in [0.3, 0.4) is 0 Å². The van der Waals surface area contributed by atoms with Gasteiger partial charge in [-0.3, -0.25) is 9.59 Å². The van der Waals surface area contributed by atoms with Crippen LogP contribution in [0.25, 0.3) is 11.0 Å². The molecule has 2 amide bonds. The number of likely N-dealkylation sites (tertiary alicyclic amines) is 1. The van der Waals surface area contributed by atoms with Crippen molar-refractivity contribution in [2.45, 2.75) is 25.4 Å². The van der Waals surface area contributed by atoms with E-state index in [0.717, 1.165) is 28.2 Å². The highest BCUT2D eigenvalue weighted by molar-refractivity contribution is 5.83. The van der Waals surface area contributed by atoms with Gasteiger partial charge in [0.15, 0.2) is 0 Å². The number of morpholine rings is 1. The summed E-state index contributed by atoms with van der Waals surface area (Å²) in [7, 11) is 1.64. The van der Waals surface area contributed by atoms with Crippen molar-refractivity contribution in [2.75, 3.05) is 40.0 Å². The summed E-state index contributed by atoms with van der Waals surface area (Å²) in [5.74, 6) is 1.71. The van der Waals surface area contributed by atoms with Gasteiger partial charge >= 0.3 is 0 Å². The smallest absolute Gasteiger partial charge is 0.242 e. The molecule has 172 valence electrons. The molecule has 2 fully saturated rings. The van der Waals surface area contributed by atoms with Crippen molar-refractivity contribution in [3.63, 3.8) is 0 Å². The summed E-state index contributed by atoms with van der Waals surface area (Å²) in [5, 5.41) is 0. The van der Waals surface area contributed by atoms with E-state index in [2.05, 4.69) is 0 Å². The molecule has 1 unspecified atom stereocenters. The van der Waals surface area contributed by atoms with Crippen LogP contribution in [0, 0.1) is 0 Å². The molecule has 2 saturated heterocycles. The summed E-state index contributed by atoms with van der Waals surface area (Å²) >= 11 is 0. The number of amides is 2. The average molecular weight is 449 g/mol. The van der Waals surface area contributed by atoms with Crippen LogP contribution in [-0.4, -0.2) is 71.1 Å². The Morgan fingerprint density at radius 2 is 1.88 bits per heavy atom. The Labute approximate surface area is 192 Å². The highest BCUT2D eigenvalue weighted by atomic mass is 16.5. The number of hydrogen-bond acceptors (Lipinski definition) is 5. The van der Waals surface area contributed by atoms with Crippen LogP contribution in [-0.2, 0) is 27.4 Å². The van der Waals surface area contributed by atoms with E-state index in [1.807, 2.05) is 62.9 Å². The van der Waals surface area contributed by atoms with Gasteiger partial charge in [-0.05, 0) is 29.8 Å². The minimum Gasteiger partial charge on any atom is -0.497 e. The van der Waals surface area contributed by atoms with E-state index in [1.54, 1.807) is 7.11 Å². The van der Waals surface area contributed by atoms with Crippen molar-refractivity contribution in [3.8, 4) is 5.75 Å². The van der Waals surface area contributed by atoms with E-state index in [4.69, 9.17) is 14.5 Å². The van der Waals surface area contributed by atoms with Crippen LogP contribution < -0.4 is 4.74 Å². The first-order chi connectivity index (χ1) is 16.1. The van der Waals surface area contributed by atoms with Crippen molar-refractivity contribution < 1.29 is 19.1 Å². The van der Waals surface area contributed by atoms with Gasteiger partial charge in [0.2, 0.25) is 11.8 Å². The van der Waals surface area contributed by atoms with Gasteiger partial charge in [0.25, 0.3) is 0 Å². The molecular weight excluding hydrogens is 420 g/mol. The van der Waals surface area contributed by atoms with Crippen molar-refractivity contribution in [3.05, 3.63) is 59.9 Å². The van der Waals surface area contributed by atoms with Crippen molar-refractivity contribution >= 4 is 22.8 Å². The Kier molecular flexibility index (Phi) is 6.00. The maximum Gasteiger partial charge on any atom is 0.242 e. The lowest BCUT2D eigenvalue weighted by Gasteiger charge is -2.27. The normalized spacial score (nSPS) is 18.8. The summed E-state index contributed by atoms with van der Waals surface area (Å²) in [6, 6.07) is 15.6. The predicted molar refractivity (Wildman–Crippen MR) is 123 cm³/mol. The molecule has 0 saturated carbocycles. The maximum absolute atomic E-state index is 13.0.